The Morgan fingerprint density at radius 1 is 0.944 bits per heavy atom. The van der Waals surface area contributed by atoms with Gasteiger partial charge < -0.3 is 4.74 Å². The minimum atomic E-state index is -3.43. The van der Waals surface area contributed by atoms with Crippen LogP contribution in [0.25, 0.3) is 0 Å². The maximum atomic E-state index is 15.5. The molecule has 200 valence electrons. The molecule has 0 spiro atoms. The van der Waals surface area contributed by atoms with Crippen LogP contribution in [0.2, 0.25) is 0 Å². The molecule has 2 atom stereocenters. The summed E-state index contributed by atoms with van der Waals surface area (Å²) < 4.78 is 80.1. The van der Waals surface area contributed by atoms with Crippen LogP contribution in [0.5, 0.6) is 5.75 Å². The number of hydrogen-bond donors (Lipinski definition) is 0. The molecule has 1 unspecified atom stereocenters. The summed E-state index contributed by atoms with van der Waals surface area (Å²) in [6.45, 7) is 3.71. The average Bonchev–Trinajstić information content (AvgIpc) is 2.85. The van der Waals surface area contributed by atoms with E-state index in [0.29, 0.717) is 18.1 Å². The molecule has 0 aromatic heterocycles. The lowest BCUT2D eigenvalue weighted by Gasteiger charge is -2.34. The molecule has 0 bridgehead atoms. The van der Waals surface area contributed by atoms with Gasteiger partial charge in [0, 0.05) is 11.1 Å². The van der Waals surface area contributed by atoms with Gasteiger partial charge in [0.05, 0.1) is 5.92 Å². The molecular weight excluding hydrogens is 471 g/mol. The van der Waals surface area contributed by atoms with Crippen LogP contribution >= 0.6 is 0 Å². The molecule has 0 heterocycles. The lowest BCUT2D eigenvalue weighted by molar-refractivity contribution is -0.0445. The smallest absolute Gasteiger partial charge is 0.280 e. The van der Waals surface area contributed by atoms with Crippen molar-refractivity contribution in [3.05, 3.63) is 64.2 Å². The highest BCUT2D eigenvalue weighted by Gasteiger charge is 2.48. The second kappa shape index (κ2) is 13.4. The number of rotatable bonds is 14. The van der Waals surface area contributed by atoms with E-state index in [1.165, 1.54) is 6.42 Å². The van der Waals surface area contributed by atoms with Gasteiger partial charge in [-0.1, -0.05) is 83.1 Å². The maximum Gasteiger partial charge on any atom is 0.280 e. The predicted molar refractivity (Wildman–Crippen MR) is 135 cm³/mol. The molecule has 6 heteroatoms. The van der Waals surface area contributed by atoms with Crippen molar-refractivity contribution in [1.29, 1.82) is 0 Å². The molecule has 1 aliphatic rings. The van der Waals surface area contributed by atoms with Crippen molar-refractivity contribution < 1.29 is 26.7 Å². The minimum Gasteiger partial charge on any atom is -0.485 e. The zero-order chi connectivity index (χ0) is 26.1. The van der Waals surface area contributed by atoms with Crippen LogP contribution in [0.4, 0.5) is 22.0 Å². The molecule has 2 aromatic rings. The van der Waals surface area contributed by atoms with Crippen LogP contribution in [-0.2, 0) is 18.8 Å². The minimum absolute atomic E-state index is 0.0288. The Labute approximate surface area is 212 Å². The van der Waals surface area contributed by atoms with Gasteiger partial charge in [-0.15, -0.1) is 0 Å². The van der Waals surface area contributed by atoms with Gasteiger partial charge in [-0.2, -0.15) is 0 Å². The standard InChI is InChI=1S/C30H39F5O/c1-3-5-7-9-11-21-13-15-22(16-14-21)25-18-17-24-26(30(25,34)35)19-27(32)29(28(24)33)36-20-23(31)12-10-8-6-4-2/h13-16,19,23,25H,3-12,17-18,20H2,1-2H3/t23-,25?/m0/s1. The Morgan fingerprint density at radius 2 is 1.61 bits per heavy atom. The van der Waals surface area contributed by atoms with E-state index in [1.54, 1.807) is 12.1 Å². The van der Waals surface area contributed by atoms with Crippen molar-refractivity contribution in [2.75, 3.05) is 6.61 Å². The molecular formula is C30H39F5O. The van der Waals surface area contributed by atoms with E-state index in [-0.39, 0.29) is 24.8 Å². The highest BCUT2D eigenvalue weighted by atomic mass is 19.3. The first-order valence-corrected chi connectivity index (χ1v) is 13.5. The number of alkyl halides is 3. The molecule has 0 saturated heterocycles. The Kier molecular flexibility index (Phi) is 10.6. The number of benzene rings is 2. The van der Waals surface area contributed by atoms with Gasteiger partial charge in [0.25, 0.3) is 5.92 Å². The molecule has 1 nitrogen and oxygen atoms in total. The van der Waals surface area contributed by atoms with E-state index >= 15 is 13.2 Å². The largest absolute Gasteiger partial charge is 0.485 e. The summed E-state index contributed by atoms with van der Waals surface area (Å²) in [5, 5.41) is 0. The summed E-state index contributed by atoms with van der Waals surface area (Å²) in [4.78, 5) is 0. The number of aryl methyl sites for hydroxylation is 1. The molecule has 0 N–H and O–H groups in total. The van der Waals surface area contributed by atoms with Crippen molar-refractivity contribution in [2.45, 2.75) is 109 Å². The fourth-order valence-electron chi connectivity index (χ4n) is 5.07. The summed E-state index contributed by atoms with van der Waals surface area (Å²) in [6, 6.07) is 7.85. The van der Waals surface area contributed by atoms with Gasteiger partial charge in [-0.05, 0) is 49.3 Å². The first kappa shape index (κ1) is 28.5. The van der Waals surface area contributed by atoms with E-state index in [0.717, 1.165) is 50.5 Å². The number of halogens is 5. The zero-order valence-electron chi connectivity index (χ0n) is 21.5. The van der Waals surface area contributed by atoms with Gasteiger partial charge in [-0.3, -0.25) is 0 Å². The molecule has 3 rings (SSSR count). The molecule has 36 heavy (non-hydrogen) atoms. The van der Waals surface area contributed by atoms with Gasteiger partial charge in [-0.25, -0.2) is 22.0 Å². The third kappa shape index (κ3) is 7.01. The van der Waals surface area contributed by atoms with Gasteiger partial charge in [0.15, 0.2) is 17.4 Å². The topological polar surface area (TPSA) is 9.23 Å². The Balaban J connectivity index is 1.70. The summed E-state index contributed by atoms with van der Waals surface area (Å²) in [7, 11) is 0. The first-order chi connectivity index (χ1) is 17.3. The van der Waals surface area contributed by atoms with Gasteiger partial charge >= 0.3 is 0 Å². The molecule has 0 saturated carbocycles. The maximum absolute atomic E-state index is 15.5. The van der Waals surface area contributed by atoms with Gasteiger partial charge in [0.2, 0.25) is 0 Å². The van der Waals surface area contributed by atoms with Gasteiger partial charge in [0.1, 0.15) is 12.8 Å². The lowest BCUT2D eigenvalue weighted by Crippen LogP contribution is -2.31. The summed E-state index contributed by atoms with van der Waals surface area (Å²) >= 11 is 0. The first-order valence-electron chi connectivity index (χ1n) is 13.5. The second-order valence-corrected chi connectivity index (χ2v) is 10.1. The Hall–Kier alpha value is -2.11. The van der Waals surface area contributed by atoms with Crippen molar-refractivity contribution in [2.24, 2.45) is 0 Å². The van der Waals surface area contributed by atoms with Crippen LogP contribution in [0.15, 0.2) is 30.3 Å². The highest BCUT2D eigenvalue weighted by molar-refractivity contribution is 5.45. The fourth-order valence-corrected chi connectivity index (χ4v) is 5.07. The number of unbranched alkanes of at least 4 members (excludes halogenated alkanes) is 6. The molecule has 0 amide bonds. The van der Waals surface area contributed by atoms with E-state index in [2.05, 4.69) is 13.8 Å². The van der Waals surface area contributed by atoms with Crippen molar-refractivity contribution in [3.8, 4) is 5.75 Å². The molecule has 2 aromatic carbocycles. The molecule has 0 aliphatic heterocycles. The van der Waals surface area contributed by atoms with E-state index < -0.39 is 47.6 Å². The monoisotopic (exact) mass is 510 g/mol. The summed E-state index contributed by atoms with van der Waals surface area (Å²) in [6.07, 6.45) is 7.96. The van der Waals surface area contributed by atoms with Crippen LogP contribution in [0.3, 0.4) is 0 Å². The average molecular weight is 511 g/mol. The zero-order valence-corrected chi connectivity index (χ0v) is 21.5. The van der Waals surface area contributed by atoms with Crippen molar-refractivity contribution in [3.63, 3.8) is 0 Å². The lowest BCUT2D eigenvalue weighted by atomic mass is 9.76. The summed E-state index contributed by atoms with van der Waals surface area (Å²) in [5.41, 5.74) is 0.692. The number of hydrogen-bond acceptors (Lipinski definition) is 1. The number of fused-ring (bicyclic) bond motifs is 1. The second-order valence-electron chi connectivity index (χ2n) is 10.1. The summed E-state index contributed by atoms with van der Waals surface area (Å²) in [5.74, 6) is -7.70. The molecule has 0 fully saturated rings. The van der Waals surface area contributed by atoms with Crippen LogP contribution in [-0.4, -0.2) is 12.8 Å². The Morgan fingerprint density at radius 3 is 2.28 bits per heavy atom. The highest BCUT2D eigenvalue weighted by Crippen LogP contribution is 2.51. The van der Waals surface area contributed by atoms with E-state index in [9.17, 15) is 8.78 Å². The van der Waals surface area contributed by atoms with Crippen LogP contribution < -0.4 is 4.74 Å². The Bertz CT molecular complexity index is 957. The van der Waals surface area contributed by atoms with E-state index in [1.807, 2.05) is 12.1 Å². The fraction of sp³-hybridized carbons (Fsp3) is 0.600. The normalized spacial score (nSPS) is 17.6. The quantitative estimate of drug-likeness (QED) is 0.182. The third-order valence-electron chi connectivity index (χ3n) is 7.24. The van der Waals surface area contributed by atoms with E-state index in [4.69, 9.17) is 4.74 Å². The van der Waals surface area contributed by atoms with Crippen molar-refractivity contribution in [1.82, 2.24) is 0 Å². The van der Waals surface area contributed by atoms with Crippen molar-refractivity contribution >= 4 is 0 Å². The van der Waals surface area contributed by atoms with Crippen LogP contribution in [0.1, 0.15) is 106 Å². The molecule has 1 aliphatic carbocycles. The third-order valence-corrected chi connectivity index (χ3v) is 7.24. The molecule has 0 radical (unpaired) electrons. The predicted octanol–water partition coefficient (Wildman–Crippen LogP) is 9.60. The van der Waals surface area contributed by atoms with Crippen LogP contribution in [0, 0.1) is 11.6 Å². The number of ether oxygens (including phenoxy) is 1. The SMILES string of the molecule is CCCCCCc1ccc(C2CCc3c(cc(F)c(OC[C@@H](F)CCCCCC)c3F)C2(F)F)cc1.